The quantitative estimate of drug-likeness (QED) is 0.619. The maximum atomic E-state index is 13.8. The van der Waals surface area contributed by atoms with E-state index < -0.39 is 17.6 Å². The Morgan fingerprint density at radius 2 is 2.00 bits per heavy atom. The maximum absolute atomic E-state index is 13.8. The van der Waals surface area contributed by atoms with E-state index in [2.05, 4.69) is 0 Å². The minimum Gasteiger partial charge on any atom is -0.493 e. The highest BCUT2D eigenvalue weighted by Gasteiger charge is 2.51. The van der Waals surface area contributed by atoms with Crippen LogP contribution in [0.1, 0.15) is 35.2 Å². The molecular formula is C25H26F3NO5. The topological polar surface area (TPSA) is 57.2 Å². The Bertz CT molecular complexity index is 1070. The minimum absolute atomic E-state index is 0.0794. The molecule has 182 valence electrons. The van der Waals surface area contributed by atoms with Crippen molar-refractivity contribution in [3.05, 3.63) is 59.4 Å². The molecule has 2 saturated heterocycles. The number of fused-ring (bicyclic) bond motifs is 1. The van der Waals surface area contributed by atoms with Crippen molar-refractivity contribution in [1.29, 1.82) is 0 Å². The fourth-order valence-electron chi connectivity index (χ4n) is 5.04. The number of ether oxygens (including phenoxy) is 4. The van der Waals surface area contributed by atoms with Gasteiger partial charge < -0.3 is 23.8 Å². The molecule has 2 aromatic rings. The van der Waals surface area contributed by atoms with E-state index >= 15 is 0 Å². The van der Waals surface area contributed by atoms with Gasteiger partial charge in [0.1, 0.15) is 24.3 Å². The Labute approximate surface area is 195 Å². The third kappa shape index (κ3) is 4.22. The number of likely N-dealkylation sites (tertiary alicyclic amines) is 1. The molecule has 0 bridgehead atoms. The molecule has 0 spiro atoms. The van der Waals surface area contributed by atoms with Gasteiger partial charge in [-0.15, -0.1) is 0 Å². The zero-order valence-corrected chi connectivity index (χ0v) is 18.8. The van der Waals surface area contributed by atoms with Crippen molar-refractivity contribution < 1.29 is 36.9 Å². The molecule has 9 heteroatoms. The predicted molar refractivity (Wildman–Crippen MR) is 116 cm³/mol. The first-order chi connectivity index (χ1) is 16.3. The number of alkyl halides is 2. The van der Waals surface area contributed by atoms with Gasteiger partial charge in [-0.2, -0.15) is 0 Å². The monoisotopic (exact) mass is 477 g/mol. The van der Waals surface area contributed by atoms with Crippen LogP contribution in [0.25, 0.3) is 0 Å². The Balaban J connectivity index is 1.27. The summed E-state index contributed by atoms with van der Waals surface area (Å²) < 4.78 is 62.7. The first-order valence-corrected chi connectivity index (χ1v) is 11.3. The number of halogens is 3. The standard InChI is InChI=1S/C25H26F3NO5/c1-31-21-9-17(5-6-20(21)32-14-16-11-24(27,28)12-16)23(30)29-8-7-25(22(13-29)33-15-34-25)18-3-2-4-19(26)10-18/h2-6,9-10,16,22H,7-8,11-15H2,1H3. The van der Waals surface area contributed by atoms with E-state index in [1.165, 1.54) is 19.2 Å². The second kappa shape index (κ2) is 8.78. The van der Waals surface area contributed by atoms with Crippen molar-refractivity contribution in [1.82, 2.24) is 4.90 Å². The van der Waals surface area contributed by atoms with E-state index in [0.717, 1.165) is 0 Å². The van der Waals surface area contributed by atoms with Gasteiger partial charge in [0.05, 0.1) is 20.3 Å². The molecule has 2 atom stereocenters. The summed E-state index contributed by atoms with van der Waals surface area (Å²) in [5.41, 5.74) is 0.332. The molecule has 3 fully saturated rings. The van der Waals surface area contributed by atoms with Gasteiger partial charge in [-0.05, 0) is 35.9 Å². The molecule has 34 heavy (non-hydrogen) atoms. The van der Waals surface area contributed by atoms with E-state index in [9.17, 15) is 18.0 Å². The van der Waals surface area contributed by atoms with Gasteiger partial charge in [0, 0.05) is 37.3 Å². The highest BCUT2D eigenvalue weighted by Crippen LogP contribution is 2.44. The van der Waals surface area contributed by atoms with E-state index in [0.29, 0.717) is 42.1 Å². The SMILES string of the molecule is COc1cc(C(=O)N2CCC3(c4cccc(F)c4)OCOC3C2)ccc1OCC1CC(F)(F)C1. The molecule has 5 rings (SSSR count). The number of hydrogen-bond acceptors (Lipinski definition) is 5. The number of piperidine rings is 1. The van der Waals surface area contributed by atoms with E-state index in [4.69, 9.17) is 18.9 Å². The van der Waals surface area contributed by atoms with Gasteiger partial charge in [0.25, 0.3) is 5.91 Å². The molecule has 2 aliphatic heterocycles. The van der Waals surface area contributed by atoms with Gasteiger partial charge in [-0.1, -0.05) is 12.1 Å². The minimum atomic E-state index is -2.59. The lowest BCUT2D eigenvalue weighted by molar-refractivity contribution is -0.119. The van der Waals surface area contributed by atoms with Crippen LogP contribution < -0.4 is 9.47 Å². The number of carbonyl (C=O) groups is 1. The van der Waals surface area contributed by atoms with Gasteiger partial charge in [-0.3, -0.25) is 4.79 Å². The Kier molecular flexibility index (Phi) is 5.93. The van der Waals surface area contributed by atoms with Crippen molar-refractivity contribution in [3.8, 4) is 11.5 Å². The molecule has 1 saturated carbocycles. The maximum Gasteiger partial charge on any atom is 0.254 e. The summed E-state index contributed by atoms with van der Waals surface area (Å²) in [6, 6.07) is 11.1. The van der Waals surface area contributed by atoms with Crippen molar-refractivity contribution in [2.75, 3.05) is 33.6 Å². The van der Waals surface area contributed by atoms with Crippen LogP contribution in [0.5, 0.6) is 11.5 Å². The lowest BCUT2D eigenvalue weighted by Gasteiger charge is -2.42. The van der Waals surface area contributed by atoms with Crippen molar-refractivity contribution in [2.24, 2.45) is 5.92 Å². The molecule has 1 aliphatic carbocycles. The second-order valence-electron chi connectivity index (χ2n) is 9.13. The molecule has 2 heterocycles. The summed E-state index contributed by atoms with van der Waals surface area (Å²) in [6.45, 7) is 0.958. The lowest BCUT2D eigenvalue weighted by atomic mass is 9.82. The first kappa shape index (κ1) is 23.0. The van der Waals surface area contributed by atoms with E-state index in [1.54, 1.807) is 29.2 Å². The Hall–Kier alpha value is -2.78. The highest BCUT2D eigenvalue weighted by molar-refractivity contribution is 5.95. The molecular weight excluding hydrogens is 451 g/mol. The lowest BCUT2D eigenvalue weighted by Crippen LogP contribution is -2.53. The molecule has 1 amide bonds. The summed E-state index contributed by atoms with van der Waals surface area (Å²) in [7, 11) is 1.46. The van der Waals surface area contributed by atoms with Gasteiger partial charge >= 0.3 is 0 Å². The molecule has 0 radical (unpaired) electrons. The average molecular weight is 477 g/mol. The Morgan fingerprint density at radius 1 is 1.18 bits per heavy atom. The number of rotatable bonds is 6. The number of carbonyl (C=O) groups excluding carboxylic acids is 1. The number of methoxy groups -OCH3 is 1. The third-order valence-electron chi connectivity index (χ3n) is 6.91. The average Bonchev–Trinajstić information content (AvgIpc) is 3.25. The number of nitrogens with zero attached hydrogens (tertiary/aromatic N) is 1. The second-order valence-corrected chi connectivity index (χ2v) is 9.13. The largest absolute Gasteiger partial charge is 0.493 e. The summed E-state index contributed by atoms with van der Waals surface area (Å²) in [4.78, 5) is 14.9. The highest BCUT2D eigenvalue weighted by atomic mass is 19.3. The van der Waals surface area contributed by atoms with E-state index in [-0.39, 0.29) is 43.9 Å². The van der Waals surface area contributed by atoms with Crippen LogP contribution in [0.2, 0.25) is 0 Å². The summed E-state index contributed by atoms with van der Waals surface area (Å²) in [6.07, 6.45) is -0.301. The Morgan fingerprint density at radius 3 is 2.74 bits per heavy atom. The zero-order chi connectivity index (χ0) is 23.9. The number of hydrogen-bond donors (Lipinski definition) is 0. The van der Waals surface area contributed by atoms with Crippen LogP contribution in [-0.4, -0.2) is 56.4 Å². The number of benzene rings is 2. The van der Waals surface area contributed by atoms with Crippen molar-refractivity contribution in [2.45, 2.75) is 36.9 Å². The molecule has 2 aromatic carbocycles. The van der Waals surface area contributed by atoms with Crippen LogP contribution in [0, 0.1) is 11.7 Å². The van der Waals surface area contributed by atoms with Crippen LogP contribution in [0.3, 0.4) is 0 Å². The summed E-state index contributed by atoms with van der Waals surface area (Å²) >= 11 is 0. The fraction of sp³-hybridized carbons (Fsp3) is 0.480. The molecule has 3 aliphatic rings. The molecule has 6 nitrogen and oxygen atoms in total. The van der Waals surface area contributed by atoms with Crippen LogP contribution in [-0.2, 0) is 15.1 Å². The van der Waals surface area contributed by atoms with Crippen LogP contribution >= 0.6 is 0 Å². The fourth-order valence-corrected chi connectivity index (χ4v) is 5.04. The molecule has 0 N–H and O–H groups in total. The van der Waals surface area contributed by atoms with Crippen molar-refractivity contribution in [3.63, 3.8) is 0 Å². The summed E-state index contributed by atoms with van der Waals surface area (Å²) in [5, 5.41) is 0. The molecule has 2 unspecified atom stereocenters. The summed E-state index contributed by atoms with van der Waals surface area (Å²) in [5.74, 6) is -2.56. The van der Waals surface area contributed by atoms with E-state index in [1.807, 2.05) is 6.07 Å². The third-order valence-corrected chi connectivity index (χ3v) is 6.91. The number of amides is 1. The normalized spacial score (nSPS) is 26.0. The van der Waals surface area contributed by atoms with Gasteiger partial charge in [-0.25, -0.2) is 13.2 Å². The van der Waals surface area contributed by atoms with Gasteiger partial charge in [0.15, 0.2) is 11.5 Å². The molecule has 0 aromatic heterocycles. The zero-order valence-electron chi connectivity index (χ0n) is 18.8. The van der Waals surface area contributed by atoms with Gasteiger partial charge in [0.2, 0.25) is 5.92 Å². The predicted octanol–water partition coefficient (Wildman–Crippen LogP) is 4.37. The smallest absolute Gasteiger partial charge is 0.254 e. The van der Waals surface area contributed by atoms with Crippen LogP contribution in [0.15, 0.2) is 42.5 Å². The first-order valence-electron chi connectivity index (χ1n) is 11.3. The van der Waals surface area contributed by atoms with Crippen LogP contribution in [0.4, 0.5) is 13.2 Å². The van der Waals surface area contributed by atoms with Crippen molar-refractivity contribution >= 4 is 5.91 Å².